The van der Waals surface area contributed by atoms with Crippen molar-refractivity contribution in [3.63, 3.8) is 0 Å². The van der Waals surface area contributed by atoms with E-state index in [4.69, 9.17) is 10.5 Å². The molecule has 2 aliphatic heterocycles. The van der Waals surface area contributed by atoms with Crippen LogP contribution in [0.5, 0.6) is 0 Å². The number of ether oxygens (including phenoxy) is 1. The Morgan fingerprint density at radius 3 is 2.47 bits per heavy atom. The van der Waals surface area contributed by atoms with Gasteiger partial charge in [0.15, 0.2) is 0 Å². The van der Waals surface area contributed by atoms with Gasteiger partial charge in [-0.3, -0.25) is 0 Å². The molecular formula is C14H25N3O2. The first-order chi connectivity index (χ1) is 9.24. The molecule has 19 heavy (non-hydrogen) atoms. The van der Waals surface area contributed by atoms with E-state index in [2.05, 4.69) is 10.2 Å². The number of carbonyl (C=O) groups excluding carboxylic acids is 1. The van der Waals surface area contributed by atoms with Crippen molar-refractivity contribution in [2.24, 2.45) is 11.7 Å². The maximum absolute atomic E-state index is 12.2. The average molecular weight is 267 g/mol. The Bertz CT molecular complexity index is 323. The summed E-state index contributed by atoms with van der Waals surface area (Å²) in [5.41, 5.74) is 5.94. The van der Waals surface area contributed by atoms with Crippen molar-refractivity contribution in [2.45, 2.75) is 56.7 Å². The second-order valence-electron chi connectivity index (χ2n) is 6.23. The molecule has 1 unspecified atom stereocenters. The fourth-order valence-electron chi connectivity index (χ4n) is 3.70. The van der Waals surface area contributed by atoms with E-state index < -0.39 is 0 Å². The molecule has 0 aromatic rings. The van der Waals surface area contributed by atoms with Gasteiger partial charge < -0.3 is 20.7 Å². The van der Waals surface area contributed by atoms with Crippen LogP contribution in [0.1, 0.15) is 38.5 Å². The lowest BCUT2D eigenvalue weighted by atomic mass is 9.89. The number of hydrogen-bond donors (Lipinski definition) is 2. The third kappa shape index (κ3) is 2.87. The van der Waals surface area contributed by atoms with Gasteiger partial charge in [-0.1, -0.05) is 0 Å². The highest BCUT2D eigenvalue weighted by Gasteiger charge is 2.38. The molecule has 2 heterocycles. The zero-order valence-corrected chi connectivity index (χ0v) is 11.5. The molecule has 3 aliphatic rings. The average Bonchev–Trinajstić information content (AvgIpc) is 2.83. The van der Waals surface area contributed by atoms with Crippen molar-refractivity contribution < 1.29 is 9.53 Å². The van der Waals surface area contributed by atoms with E-state index in [-0.39, 0.29) is 6.03 Å². The lowest BCUT2D eigenvalue weighted by Crippen LogP contribution is -2.42. The van der Waals surface area contributed by atoms with Crippen LogP contribution in [0.15, 0.2) is 0 Å². The van der Waals surface area contributed by atoms with E-state index >= 15 is 0 Å². The molecule has 2 amide bonds. The summed E-state index contributed by atoms with van der Waals surface area (Å²) < 4.78 is 5.40. The summed E-state index contributed by atoms with van der Waals surface area (Å²) in [6.45, 7) is 2.56. The van der Waals surface area contributed by atoms with Crippen molar-refractivity contribution in [1.82, 2.24) is 10.2 Å². The van der Waals surface area contributed by atoms with Crippen LogP contribution < -0.4 is 11.1 Å². The predicted molar refractivity (Wildman–Crippen MR) is 72.8 cm³/mol. The van der Waals surface area contributed by atoms with E-state index in [1.807, 2.05) is 0 Å². The van der Waals surface area contributed by atoms with E-state index in [0.29, 0.717) is 24.0 Å². The quantitative estimate of drug-likeness (QED) is 0.786. The number of nitrogens with one attached hydrogen (secondary N) is 1. The zero-order chi connectivity index (χ0) is 13.2. The number of urea groups is 1. The summed E-state index contributed by atoms with van der Waals surface area (Å²) in [6.07, 6.45) is 6.39. The van der Waals surface area contributed by atoms with Crippen molar-refractivity contribution in [2.75, 3.05) is 19.8 Å². The third-order valence-corrected chi connectivity index (χ3v) is 4.98. The monoisotopic (exact) mass is 267 g/mol. The first kappa shape index (κ1) is 13.2. The highest BCUT2D eigenvalue weighted by molar-refractivity contribution is 5.77. The minimum atomic E-state index is 0.136. The van der Waals surface area contributed by atoms with Gasteiger partial charge in [0, 0.05) is 31.8 Å². The van der Waals surface area contributed by atoms with Crippen molar-refractivity contribution in [3.8, 4) is 0 Å². The van der Waals surface area contributed by atoms with Gasteiger partial charge in [-0.15, -0.1) is 0 Å². The lowest BCUT2D eigenvalue weighted by molar-refractivity contribution is 0.0557. The number of nitrogens with zero attached hydrogens (tertiary/aromatic N) is 1. The highest BCUT2D eigenvalue weighted by atomic mass is 16.5. The summed E-state index contributed by atoms with van der Waals surface area (Å²) in [5, 5.41) is 3.18. The standard InChI is InChI=1S/C14H25N3O2/c15-11-1-3-12(4-2-11)17-9-13(16-14(17)18)10-5-7-19-8-6-10/h10-13H,1-9,15H2,(H,16,18). The Labute approximate surface area is 114 Å². The molecule has 5 nitrogen and oxygen atoms in total. The van der Waals surface area contributed by atoms with Crippen LogP contribution in [0.4, 0.5) is 4.79 Å². The van der Waals surface area contributed by atoms with Gasteiger partial charge in [0.2, 0.25) is 0 Å². The molecular weight excluding hydrogens is 242 g/mol. The molecule has 1 aliphatic carbocycles. The van der Waals surface area contributed by atoms with E-state index in [0.717, 1.165) is 58.3 Å². The zero-order valence-electron chi connectivity index (χ0n) is 11.5. The molecule has 1 atom stereocenters. The van der Waals surface area contributed by atoms with Gasteiger partial charge in [0.25, 0.3) is 0 Å². The minimum absolute atomic E-state index is 0.136. The molecule has 1 saturated carbocycles. The summed E-state index contributed by atoms with van der Waals surface area (Å²) in [6, 6.07) is 1.21. The Kier molecular flexibility index (Phi) is 3.93. The van der Waals surface area contributed by atoms with Crippen LogP contribution >= 0.6 is 0 Å². The van der Waals surface area contributed by atoms with Gasteiger partial charge in [0.1, 0.15) is 0 Å². The molecule has 2 saturated heterocycles. The largest absolute Gasteiger partial charge is 0.381 e. The first-order valence-corrected chi connectivity index (χ1v) is 7.64. The van der Waals surface area contributed by atoms with Crippen LogP contribution in [0.2, 0.25) is 0 Å². The summed E-state index contributed by atoms with van der Waals surface area (Å²) in [4.78, 5) is 14.2. The summed E-state index contributed by atoms with van der Waals surface area (Å²) in [5.74, 6) is 0.591. The van der Waals surface area contributed by atoms with Gasteiger partial charge in [-0.2, -0.15) is 0 Å². The molecule has 0 aromatic heterocycles. The molecule has 3 rings (SSSR count). The van der Waals surface area contributed by atoms with Crippen LogP contribution in [0.3, 0.4) is 0 Å². The summed E-state index contributed by atoms with van der Waals surface area (Å²) >= 11 is 0. The Morgan fingerprint density at radius 2 is 1.79 bits per heavy atom. The topological polar surface area (TPSA) is 67.6 Å². The second-order valence-corrected chi connectivity index (χ2v) is 6.23. The van der Waals surface area contributed by atoms with Gasteiger partial charge >= 0.3 is 6.03 Å². The SMILES string of the molecule is NC1CCC(N2CC(C3CCOCC3)NC2=O)CC1. The van der Waals surface area contributed by atoms with E-state index in [1.54, 1.807) is 0 Å². The molecule has 3 fully saturated rings. The number of carbonyl (C=O) groups is 1. The van der Waals surface area contributed by atoms with E-state index in [9.17, 15) is 4.79 Å². The van der Waals surface area contributed by atoms with Gasteiger partial charge in [-0.25, -0.2) is 4.79 Å². The molecule has 0 radical (unpaired) electrons. The molecule has 3 N–H and O–H groups in total. The van der Waals surface area contributed by atoms with Crippen molar-refractivity contribution in [1.29, 1.82) is 0 Å². The number of nitrogens with two attached hydrogens (primary N) is 1. The smallest absolute Gasteiger partial charge is 0.318 e. The molecule has 0 aromatic carbocycles. The van der Waals surface area contributed by atoms with Crippen molar-refractivity contribution >= 4 is 6.03 Å². The van der Waals surface area contributed by atoms with Gasteiger partial charge in [0.05, 0.1) is 6.04 Å². The fraction of sp³-hybridized carbons (Fsp3) is 0.929. The predicted octanol–water partition coefficient (Wildman–Crippen LogP) is 1.08. The second kappa shape index (κ2) is 5.67. The number of rotatable bonds is 2. The maximum Gasteiger partial charge on any atom is 0.318 e. The van der Waals surface area contributed by atoms with E-state index in [1.165, 1.54) is 0 Å². The molecule has 108 valence electrons. The third-order valence-electron chi connectivity index (χ3n) is 4.98. The first-order valence-electron chi connectivity index (χ1n) is 7.64. The number of hydrogen-bond acceptors (Lipinski definition) is 3. The lowest BCUT2D eigenvalue weighted by Gasteiger charge is -2.33. The van der Waals surface area contributed by atoms with Crippen molar-refractivity contribution in [3.05, 3.63) is 0 Å². The normalized spacial score (nSPS) is 37.4. The van der Waals surface area contributed by atoms with Gasteiger partial charge in [-0.05, 0) is 44.4 Å². The highest BCUT2D eigenvalue weighted by Crippen LogP contribution is 2.28. The van der Waals surface area contributed by atoms with Crippen LogP contribution in [0.25, 0.3) is 0 Å². The van der Waals surface area contributed by atoms with Crippen LogP contribution in [0, 0.1) is 5.92 Å². The minimum Gasteiger partial charge on any atom is -0.381 e. The molecule has 5 heteroatoms. The summed E-state index contributed by atoms with van der Waals surface area (Å²) in [7, 11) is 0. The molecule has 0 bridgehead atoms. The molecule has 0 spiro atoms. The number of amides is 2. The Hall–Kier alpha value is -0.810. The Morgan fingerprint density at radius 1 is 1.11 bits per heavy atom. The fourth-order valence-corrected chi connectivity index (χ4v) is 3.70. The van der Waals surface area contributed by atoms with Crippen LogP contribution in [-0.2, 0) is 4.74 Å². The maximum atomic E-state index is 12.2. The Balaban J connectivity index is 1.57. The van der Waals surface area contributed by atoms with Crippen LogP contribution in [-0.4, -0.2) is 48.8 Å².